The van der Waals surface area contributed by atoms with Gasteiger partial charge in [0.15, 0.2) is 0 Å². The Morgan fingerprint density at radius 2 is 0.746 bits per heavy atom. The molecule has 0 N–H and O–H groups in total. The van der Waals surface area contributed by atoms with Gasteiger partial charge in [-0.1, -0.05) is 184 Å². The second kappa shape index (κ2) is 15.3. The molecule has 0 radical (unpaired) electrons. The van der Waals surface area contributed by atoms with Crippen molar-refractivity contribution in [1.82, 2.24) is 4.57 Å². The van der Waals surface area contributed by atoms with Crippen LogP contribution in [0.25, 0.3) is 93.5 Å². The maximum atomic E-state index is 2.49. The number of aromatic nitrogens is 1. The van der Waals surface area contributed by atoms with Crippen molar-refractivity contribution in [3.8, 4) is 50.2 Å². The molecule has 0 amide bonds. The highest BCUT2D eigenvalue weighted by atomic mass is 15.1. The molecule has 13 rings (SSSR count). The highest BCUT2D eigenvalue weighted by Gasteiger charge is 2.37. The molecule has 316 valence electrons. The fourth-order valence-electron chi connectivity index (χ4n) is 11.2. The summed E-state index contributed by atoms with van der Waals surface area (Å²) in [4.78, 5) is 2.40. The predicted octanol–water partition coefficient (Wildman–Crippen LogP) is 17.9. The van der Waals surface area contributed by atoms with Gasteiger partial charge in [0.25, 0.3) is 0 Å². The van der Waals surface area contributed by atoms with Gasteiger partial charge in [-0.3, -0.25) is 0 Å². The number of rotatable bonds is 7. The van der Waals surface area contributed by atoms with Gasteiger partial charge >= 0.3 is 0 Å². The number of nitrogens with zero attached hydrogens (tertiary/aromatic N) is 2. The van der Waals surface area contributed by atoms with E-state index in [0.29, 0.717) is 0 Å². The second-order valence-electron chi connectivity index (χ2n) is 18.5. The van der Waals surface area contributed by atoms with E-state index in [1.807, 2.05) is 0 Å². The SMILES string of the molecule is CC1(C)c2cc(-c3c4ccccc4c(-c4cccc(-c5ccccc5)c4)c4ccccc34)ccc2-c2ccc(N(c3ccccc3)c3ccc(-n4c5ccccc5c5ccccc54)cc3)cc21. The lowest BCUT2D eigenvalue weighted by Gasteiger charge is -2.28. The van der Waals surface area contributed by atoms with E-state index in [1.54, 1.807) is 0 Å². The fourth-order valence-corrected chi connectivity index (χ4v) is 11.2. The molecule has 0 atom stereocenters. The molecule has 2 nitrogen and oxygen atoms in total. The van der Waals surface area contributed by atoms with E-state index in [2.05, 4.69) is 266 Å². The van der Waals surface area contributed by atoms with E-state index >= 15 is 0 Å². The maximum Gasteiger partial charge on any atom is 0.0541 e. The molecule has 1 aromatic heterocycles. The molecule has 12 aromatic rings. The first-order valence-electron chi connectivity index (χ1n) is 23.3. The topological polar surface area (TPSA) is 8.17 Å². The molecule has 1 aliphatic carbocycles. The van der Waals surface area contributed by atoms with Crippen molar-refractivity contribution in [2.75, 3.05) is 4.90 Å². The van der Waals surface area contributed by atoms with Crippen LogP contribution in [0.2, 0.25) is 0 Å². The van der Waals surface area contributed by atoms with E-state index in [9.17, 15) is 0 Å². The highest BCUT2D eigenvalue weighted by Crippen LogP contribution is 2.53. The van der Waals surface area contributed by atoms with Crippen LogP contribution < -0.4 is 4.90 Å². The van der Waals surface area contributed by atoms with Crippen molar-refractivity contribution in [2.24, 2.45) is 0 Å². The van der Waals surface area contributed by atoms with E-state index in [0.717, 1.165) is 22.7 Å². The van der Waals surface area contributed by atoms with Gasteiger partial charge in [0.1, 0.15) is 0 Å². The van der Waals surface area contributed by atoms with Crippen molar-refractivity contribution in [3.63, 3.8) is 0 Å². The summed E-state index contributed by atoms with van der Waals surface area (Å²) in [5.74, 6) is 0. The maximum absolute atomic E-state index is 2.49. The van der Waals surface area contributed by atoms with Gasteiger partial charge in [-0.2, -0.15) is 0 Å². The largest absolute Gasteiger partial charge is 0.310 e. The van der Waals surface area contributed by atoms with Crippen molar-refractivity contribution < 1.29 is 0 Å². The lowest BCUT2D eigenvalue weighted by Crippen LogP contribution is -2.16. The molecule has 2 heteroatoms. The van der Waals surface area contributed by atoms with E-state index in [4.69, 9.17) is 0 Å². The van der Waals surface area contributed by atoms with Crippen molar-refractivity contribution in [2.45, 2.75) is 19.3 Å². The van der Waals surface area contributed by atoms with Crippen LogP contribution in [0.4, 0.5) is 17.1 Å². The first-order valence-corrected chi connectivity index (χ1v) is 23.3. The normalized spacial score (nSPS) is 12.7. The molecular formula is C65H46N2. The van der Waals surface area contributed by atoms with Crippen LogP contribution in [0.15, 0.2) is 243 Å². The fraction of sp³-hybridized carbons (Fsp3) is 0.0462. The van der Waals surface area contributed by atoms with Crippen molar-refractivity contribution in [1.29, 1.82) is 0 Å². The summed E-state index contributed by atoms with van der Waals surface area (Å²) < 4.78 is 2.38. The molecule has 1 heterocycles. The molecule has 0 aliphatic heterocycles. The first kappa shape index (κ1) is 39.0. The van der Waals surface area contributed by atoms with Crippen molar-refractivity contribution in [3.05, 3.63) is 254 Å². The van der Waals surface area contributed by atoms with Gasteiger partial charge in [-0.25, -0.2) is 0 Å². The minimum absolute atomic E-state index is 0.247. The number of hydrogen-bond donors (Lipinski definition) is 0. The Labute approximate surface area is 391 Å². The van der Waals surface area contributed by atoms with Crippen LogP contribution in [-0.2, 0) is 5.41 Å². The summed E-state index contributed by atoms with van der Waals surface area (Å²) in [5.41, 5.74) is 19.5. The predicted molar refractivity (Wildman–Crippen MR) is 284 cm³/mol. The van der Waals surface area contributed by atoms with E-state index in [1.165, 1.54) is 99.0 Å². The molecule has 0 spiro atoms. The van der Waals surface area contributed by atoms with Gasteiger partial charge in [0, 0.05) is 38.9 Å². The van der Waals surface area contributed by atoms with Gasteiger partial charge in [0.05, 0.1) is 11.0 Å². The molecule has 0 fully saturated rings. The molecule has 0 saturated heterocycles. The number of fused-ring (bicyclic) bond motifs is 8. The van der Waals surface area contributed by atoms with Crippen LogP contribution in [0.1, 0.15) is 25.0 Å². The minimum atomic E-state index is -0.247. The molecule has 11 aromatic carbocycles. The molecule has 1 aliphatic rings. The third kappa shape index (κ3) is 6.18. The summed E-state index contributed by atoms with van der Waals surface area (Å²) in [6.07, 6.45) is 0. The monoisotopic (exact) mass is 854 g/mol. The number of benzene rings is 11. The first-order chi connectivity index (χ1) is 33.0. The van der Waals surface area contributed by atoms with Crippen LogP contribution >= 0.6 is 0 Å². The van der Waals surface area contributed by atoms with Crippen molar-refractivity contribution >= 4 is 60.4 Å². The van der Waals surface area contributed by atoms with E-state index in [-0.39, 0.29) is 5.41 Å². The molecular weight excluding hydrogens is 809 g/mol. The third-order valence-electron chi connectivity index (χ3n) is 14.4. The quantitative estimate of drug-likeness (QED) is 0.145. The zero-order chi connectivity index (χ0) is 44.6. The highest BCUT2D eigenvalue weighted by molar-refractivity contribution is 6.21. The zero-order valence-corrected chi connectivity index (χ0v) is 37.5. The van der Waals surface area contributed by atoms with Crippen LogP contribution in [0, 0.1) is 0 Å². The molecule has 0 saturated carbocycles. The summed E-state index contributed by atoms with van der Waals surface area (Å²) >= 11 is 0. The summed E-state index contributed by atoms with van der Waals surface area (Å²) in [5, 5.41) is 7.58. The Kier molecular flexibility index (Phi) is 8.91. The average molecular weight is 855 g/mol. The number of hydrogen-bond acceptors (Lipinski definition) is 1. The lowest BCUT2D eigenvalue weighted by atomic mass is 9.80. The van der Waals surface area contributed by atoms with Crippen LogP contribution in [0.5, 0.6) is 0 Å². The van der Waals surface area contributed by atoms with Gasteiger partial charge in [0.2, 0.25) is 0 Å². The summed E-state index contributed by atoms with van der Waals surface area (Å²) in [7, 11) is 0. The Morgan fingerprint density at radius 1 is 0.313 bits per heavy atom. The number of anilines is 3. The standard InChI is InChI=1S/C65H46N2/c1-65(2)59-41-46(64-57-28-11-9-26-55(57)63(56-27-10-12-29-58(56)64)45-21-17-20-44(40-45)43-18-5-3-6-19-43)32-38-51(59)52-39-37-50(42-60(52)65)66(47-22-7-4-8-23-47)48-33-35-49(36-34-48)67-61-30-15-13-24-53(61)54-25-14-16-31-62(54)67/h3-42H,1-2H3. The molecule has 0 unspecified atom stereocenters. The summed E-state index contributed by atoms with van der Waals surface area (Å²) in [6.45, 7) is 4.80. The minimum Gasteiger partial charge on any atom is -0.310 e. The summed E-state index contributed by atoms with van der Waals surface area (Å²) in [6, 6.07) is 89.3. The zero-order valence-electron chi connectivity index (χ0n) is 37.5. The van der Waals surface area contributed by atoms with Crippen LogP contribution in [-0.4, -0.2) is 4.57 Å². The Hall–Kier alpha value is -8.46. The molecule has 0 bridgehead atoms. The van der Waals surface area contributed by atoms with E-state index < -0.39 is 0 Å². The third-order valence-corrected chi connectivity index (χ3v) is 14.4. The second-order valence-corrected chi connectivity index (χ2v) is 18.5. The average Bonchev–Trinajstić information content (AvgIpc) is 3.84. The van der Waals surface area contributed by atoms with Crippen LogP contribution in [0.3, 0.4) is 0 Å². The Morgan fingerprint density at radius 3 is 1.34 bits per heavy atom. The Balaban J connectivity index is 0.910. The van der Waals surface area contributed by atoms with Gasteiger partial charge in [-0.05, 0) is 150 Å². The lowest BCUT2D eigenvalue weighted by molar-refractivity contribution is 0.660. The molecule has 67 heavy (non-hydrogen) atoms. The van der Waals surface area contributed by atoms with Gasteiger partial charge < -0.3 is 9.47 Å². The number of para-hydroxylation sites is 3. The van der Waals surface area contributed by atoms with Gasteiger partial charge in [-0.15, -0.1) is 0 Å². The smallest absolute Gasteiger partial charge is 0.0541 e. The Bertz CT molecular complexity index is 3770.